The highest BCUT2D eigenvalue weighted by molar-refractivity contribution is 5.97. The summed E-state index contributed by atoms with van der Waals surface area (Å²) >= 11 is 0. The number of rotatable bonds is 5. The van der Waals surface area contributed by atoms with Gasteiger partial charge < -0.3 is 23.5 Å². The summed E-state index contributed by atoms with van der Waals surface area (Å²) in [6.07, 6.45) is 2.33. The van der Waals surface area contributed by atoms with Crippen LogP contribution in [0.2, 0.25) is 0 Å². The number of nitrogens with zero attached hydrogens (tertiary/aromatic N) is 3. The van der Waals surface area contributed by atoms with E-state index in [1.54, 1.807) is 13.1 Å². The van der Waals surface area contributed by atoms with Crippen LogP contribution in [-0.4, -0.2) is 52.0 Å². The number of fused-ring (bicyclic) bond motifs is 5. The van der Waals surface area contributed by atoms with E-state index in [0.29, 0.717) is 25.5 Å². The molecular weight excluding hydrogens is 474 g/mol. The zero-order chi connectivity index (χ0) is 26.5. The molecule has 198 valence electrons. The average Bonchev–Trinajstić information content (AvgIpc) is 3.20. The zero-order valence-electron chi connectivity index (χ0n) is 22.4. The van der Waals surface area contributed by atoms with E-state index >= 15 is 0 Å². The van der Waals surface area contributed by atoms with E-state index in [9.17, 15) is 9.59 Å². The number of ether oxygens (including phenoxy) is 4. The summed E-state index contributed by atoms with van der Waals surface area (Å²) in [5.74, 6) is -0.571. The van der Waals surface area contributed by atoms with Crippen LogP contribution in [0.15, 0.2) is 35.3 Å². The molecule has 1 saturated heterocycles. The lowest BCUT2D eigenvalue weighted by molar-refractivity contribution is -0.276. The number of carbonyl (C=O) groups is 1. The molecule has 0 spiro atoms. The summed E-state index contributed by atoms with van der Waals surface area (Å²) in [7, 11) is 0. The van der Waals surface area contributed by atoms with Crippen molar-refractivity contribution in [1.82, 2.24) is 14.3 Å². The molecule has 2 aromatic heterocycles. The van der Waals surface area contributed by atoms with Gasteiger partial charge in [0.25, 0.3) is 0 Å². The van der Waals surface area contributed by atoms with Crippen LogP contribution >= 0.6 is 0 Å². The summed E-state index contributed by atoms with van der Waals surface area (Å²) in [5, 5.41) is 5.83. The third kappa shape index (κ3) is 4.78. The Morgan fingerprint density at radius 1 is 1.27 bits per heavy atom. The fourth-order valence-electron chi connectivity index (χ4n) is 5.18. The Kier molecular flexibility index (Phi) is 6.40. The number of pyridine rings is 1. The van der Waals surface area contributed by atoms with E-state index < -0.39 is 11.8 Å². The molecule has 1 aromatic carbocycles. The van der Waals surface area contributed by atoms with Crippen LogP contribution in [0.3, 0.4) is 0 Å². The Bertz CT molecular complexity index is 1400. The molecule has 4 heterocycles. The van der Waals surface area contributed by atoms with Crippen LogP contribution < -0.4 is 10.2 Å². The fourth-order valence-corrected chi connectivity index (χ4v) is 5.18. The van der Waals surface area contributed by atoms with Crippen LogP contribution in [0.1, 0.15) is 64.4 Å². The Balaban J connectivity index is 1.57. The van der Waals surface area contributed by atoms with Crippen LogP contribution in [0.4, 0.5) is 0 Å². The number of carbonyl (C=O) groups excluding carboxylic acids is 1. The first-order valence-corrected chi connectivity index (χ1v) is 12.9. The predicted molar refractivity (Wildman–Crippen MR) is 139 cm³/mol. The van der Waals surface area contributed by atoms with E-state index in [-0.39, 0.29) is 35.2 Å². The molecule has 9 heteroatoms. The molecule has 2 unspecified atom stereocenters. The molecule has 2 aliphatic heterocycles. The predicted octanol–water partition coefficient (Wildman–Crippen LogP) is 4.56. The van der Waals surface area contributed by atoms with Gasteiger partial charge in [0.05, 0.1) is 43.3 Å². The third-order valence-corrected chi connectivity index (χ3v) is 7.00. The Labute approximate surface area is 216 Å². The Morgan fingerprint density at radius 2 is 2.05 bits per heavy atom. The first-order valence-electron chi connectivity index (χ1n) is 12.9. The largest absolute Gasteiger partial charge is 0.489 e. The van der Waals surface area contributed by atoms with Crippen molar-refractivity contribution in [2.45, 2.75) is 72.4 Å². The highest BCUT2D eigenvalue weighted by atomic mass is 16.7. The summed E-state index contributed by atoms with van der Waals surface area (Å²) < 4.78 is 27.0. The van der Waals surface area contributed by atoms with E-state index in [1.165, 1.54) is 6.07 Å². The molecule has 5 rings (SSSR count). The van der Waals surface area contributed by atoms with Gasteiger partial charge in [-0.3, -0.25) is 9.48 Å². The van der Waals surface area contributed by atoms with Crippen molar-refractivity contribution in [2.24, 2.45) is 5.41 Å². The van der Waals surface area contributed by atoms with Crippen molar-refractivity contribution >= 4 is 16.9 Å². The minimum atomic E-state index is -0.632. The minimum absolute atomic E-state index is 0.0414. The fraction of sp³-hybridized carbons (Fsp3) is 0.536. The van der Waals surface area contributed by atoms with Gasteiger partial charge in [-0.2, -0.15) is 5.10 Å². The highest BCUT2D eigenvalue weighted by Crippen LogP contribution is 2.43. The second-order valence-corrected chi connectivity index (χ2v) is 11.2. The van der Waals surface area contributed by atoms with Gasteiger partial charge in [0, 0.05) is 24.1 Å². The summed E-state index contributed by atoms with van der Waals surface area (Å²) in [6, 6.07) is 7.31. The Morgan fingerprint density at radius 3 is 2.76 bits per heavy atom. The molecular formula is C28H35N3O6. The summed E-state index contributed by atoms with van der Waals surface area (Å²) in [4.78, 5) is 25.6. The van der Waals surface area contributed by atoms with Gasteiger partial charge >= 0.3 is 5.97 Å². The first-order chi connectivity index (χ1) is 17.5. The van der Waals surface area contributed by atoms with Gasteiger partial charge in [0.1, 0.15) is 23.4 Å². The summed E-state index contributed by atoms with van der Waals surface area (Å²) in [5.41, 5.74) is 1.78. The lowest BCUT2D eigenvalue weighted by Gasteiger charge is -2.38. The quantitative estimate of drug-likeness (QED) is 0.465. The van der Waals surface area contributed by atoms with Crippen molar-refractivity contribution in [2.75, 3.05) is 19.8 Å². The number of hydrogen-bond donors (Lipinski definition) is 0. The molecule has 0 radical (unpaired) electrons. The number of hydrogen-bond acceptors (Lipinski definition) is 7. The van der Waals surface area contributed by atoms with Gasteiger partial charge in [-0.1, -0.05) is 32.9 Å². The smallest absolute Gasteiger partial charge is 0.343 e. The van der Waals surface area contributed by atoms with E-state index in [1.807, 2.05) is 41.3 Å². The molecule has 37 heavy (non-hydrogen) atoms. The third-order valence-electron chi connectivity index (χ3n) is 7.00. The van der Waals surface area contributed by atoms with Gasteiger partial charge in [0.2, 0.25) is 0 Å². The molecule has 0 bridgehead atoms. The standard InChI is InChI=1S/C28H35N3O6/c1-7-34-26(33)19-14-30-20(13-21(19)32)25-18-9-8-10-22(35-16-17-11-12-36-28(5,6)37-17)24(18)29-31(25)15-23(30)27(2,3)4/h8-10,13-14,17,23H,7,11-12,15-16H2,1-6H3. The lowest BCUT2D eigenvalue weighted by atomic mass is 9.85. The van der Waals surface area contributed by atoms with Gasteiger partial charge in [-0.05, 0) is 32.3 Å². The maximum atomic E-state index is 13.0. The number of aromatic nitrogens is 3. The monoisotopic (exact) mass is 509 g/mol. The normalized spacial score (nSPS) is 20.8. The van der Waals surface area contributed by atoms with Crippen molar-refractivity contribution in [3.05, 3.63) is 46.2 Å². The molecule has 0 amide bonds. The molecule has 0 saturated carbocycles. The second kappa shape index (κ2) is 9.29. The molecule has 2 atom stereocenters. The van der Waals surface area contributed by atoms with E-state index in [0.717, 1.165) is 28.7 Å². The van der Waals surface area contributed by atoms with Crippen molar-refractivity contribution in [3.8, 4) is 17.1 Å². The van der Waals surface area contributed by atoms with Crippen LogP contribution in [-0.2, 0) is 20.8 Å². The zero-order valence-corrected chi connectivity index (χ0v) is 22.4. The van der Waals surface area contributed by atoms with Gasteiger partial charge in [-0.15, -0.1) is 0 Å². The topological polar surface area (TPSA) is 93.8 Å². The molecule has 9 nitrogen and oxygen atoms in total. The average molecular weight is 510 g/mol. The van der Waals surface area contributed by atoms with Crippen LogP contribution in [0.5, 0.6) is 5.75 Å². The van der Waals surface area contributed by atoms with Gasteiger partial charge in [-0.25, -0.2) is 4.79 Å². The van der Waals surface area contributed by atoms with Gasteiger partial charge in [0.15, 0.2) is 11.2 Å². The van der Waals surface area contributed by atoms with E-state index in [2.05, 4.69) is 20.8 Å². The minimum Gasteiger partial charge on any atom is -0.489 e. The first kappa shape index (κ1) is 25.5. The molecule has 1 fully saturated rings. The SMILES string of the molecule is CCOC(=O)c1cn2c(cc1=O)-c1c3cccc(OCC4CCOC(C)(C)O4)c3nn1CC2C(C)(C)C. The maximum Gasteiger partial charge on any atom is 0.343 e. The maximum absolute atomic E-state index is 13.0. The molecule has 2 aliphatic rings. The van der Waals surface area contributed by atoms with Crippen molar-refractivity contribution < 1.29 is 23.7 Å². The highest BCUT2D eigenvalue weighted by Gasteiger charge is 2.36. The Hall–Kier alpha value is -3.17. The molecule has 3 aromatic rings. The summed E-state index contributed by atoms with van der Waals surface area (Å²) in [6.45, 7) is 13.8. The van der Waals surface area contributed by atoms with Crippen LogP contribution in [0.25, 0.3) is 22.3 Å². The van der Waals surface area contributed by atoms with Crippen molar-refractivity contribution in [1.29, 1.82) is 0 Å². The van der Waals surface area contributed by atoms with E-state index in [4.69, 9.17) is 24.0 Å². The lowest BCUT2D eigenvalue weighted by Crippen LogP contribution is -2.42. The van der Waals surface area contributed by atoms with Crippen molar-refractivity contribution in [3.63, 3.8) is 0 Å². The number of esters is 1. The molecule has 0 N–H and O–H groups in total. The molecule has 0 aliphatic carbocycles. The second-order valence-electron chi connectivity index (χ2n) is 11.2. The number of benzene rings is 1. The van der Waals surface area contributed by atoms with Crippen LogP contribution in [0, 0.1) is 5.41 Å².